The van der Waals surface area contributed by atoms with Crippen LogP contribution in [0.15, 0.2) is 36.9 Å². The van der Waals surface area contributed by atoms with Crippen LogP contribution in [0, 0.1) is 11.8 Å². The van der Waals surface area contributed by atoms with E-state index >= 15 is 0 Å². The summed E-state index contributed by atoms with van der Waals surface area (Å²) < 4.78 is 6.44. The Morgan fingerprint density at radius 1 is 1.10 bits per heavy atom. The van der Waals surface area contributed by atoms with Gasteiger partial charge in [-0.05, 0) is 42.6 Å². The number of imide groups is 1. The number of hydrogen-bond acceptors (Lipinski definition) is 4. The minimum Gasteiger partial charge on any atom is -0.416 e. The maximum atomic E-state index is 12.7. The Labute approximate surface area is 176 Å². The lowest BCUT2D eigenvalue weighted by Gasteiger charge is -2.38. The van der Waals surface area contributed by atoms with Crippen molar-refractivity contribution in [1.29, 1.82) is 0 Å². The van der Waals surface area contributed by atoms with Crippen molar-refractivity contribution in [3.05, 3.63) is 48.0 Å². The second kappa shape index (κ2) is 8.94. The molecule has 0 fully saturated rings. The zero-order valence-electron chi connectivity index (χ0n) is 18.8. The van der Waals surface area contributed by atoms with Crippen molar-refractivity contribution in [2.75, 3.05) is 6.61 Å². The van der Waals surface area contributed by atoms with Gasteiger partial charge in [0.15, 0.2) is 8.32 Å². The quantitative estimate of drug-likeness (QED) is 0.304. The van der Waals surface area contributed by atoms with E-state index in [1.807, 2.05) is 0 Å². The molecule has 0 spiro atoms. The molecule has 2 atom stereocenters. The van der Waals surface area contributed by atoms with Crippen LogP contribution in [0.1, 0.15) is 61.8 Å². The average molecular weight is 418 g/mol. The predicted molar refractivity (Wildman–Crippen MR) is 118 cm³/mol. The molecule has 5 nitrogen and oxygen atoms in total. The van der Waals surface area contributed by atoms with Crippen LogP contribution >= 0.6 is 0 Å². The van der Waals surface area contributed by atoms with E-state index in [-0.39, 0.29) is 11.0 Å². The lowest BCUT2D eigenvalue weighted by Crippen LogP contribution is -2.44. The van der Waals surface area contributed by atoms with Crippen molar-refractivity contribution in [1.82, 2.24) is 5.06 Å². The predicted octanol–water partition coefficient (Wildman–Crippen LogP) is 5.45. The van der Waals surface area contributed by atoms with Crippen LogP contribution in [0.25, 0.3) is 0 Å². The molecule has 2 amide bonds. The molecule has 1 heterocycles. The first-order chi connectivity index (χ1) is 13.4. The second-order valence-corrected chi connectivity index (χ2v) is 14.5. The molecule has 0 saturated heterocycles. The molecule has 1 aliphatic rings. The largest absolute Gasteiger partial charge is 0.416 e. The summed E-state index contributed by atoms with van der Waals surface area (Å²) in [4.78, 5) is 31.3. The molecule has 29 heavy (non-hydrogen) atoms. The van der Waals surface area contributed by atoms with Gasteiger partial charge in [-0.1, -0.05) is 52.8 Å². The van der Waals surface area contributed by atoms with Crippen molar-refractivity contribution >= 4 is 20.1 Å². The summed E-state index contributed by atoms with van der Waals surface area (Å²) in [6.45, 7) is 19.7. The highest BCUT2D eigenvalue weighted by Gasteiger charge is 2.41. The minimum atomic E-state index is -1.94. The van der Waals surface area contributed by atoms with E-state index in [0.717, 1.165) is 11.5 Å². The van der Waals surface area contributed by atoms with Crippen molar-refractivity contribution < 1.29 is 18.9 Å². The van der Waals surface area contributed by atoms with Gasteiger partial charge in [0.2, 0.25) is 0 Å². The molecule has 1 aromatic rings. The molecule has 2 rings (SSSR count). The number of fused-ring (bicyclic) bond motifs is 1. The van der Waals surface area contributed by atoms with E-state index in [2.05, 4.69) is 54.3 Å². The lowest BCUT2D eigenvalue weighted by molar-refractivity contribution is -0.138. The summed E-state index contributed by atoms with van der Waals surface area (Å²) in [7, 11) is -1.94. The molecular formula is C23H35NO4Si. The van der Waals surface area contributed by atoms with Crippen molar-refractivity contribution in [2.24, 2.45) is 11.8 Å². The Morgan fingerprint density at radius 2 is 1.62 bits per heavy atom. The van der Waals surface area contributed by atoms with Crippen LogP contribution < -0.4 is 0 Å². The number of benzene rings is 1. The number of carbonyl (C=O) groups excluding carboxylic acids is 2. The third kappa shape index (κ3) is 5.24. The fourth-order valence-corrected chi connectivity index (χ4v) is 4.20. The van der Waals surface area contributed by atoms with Crippen molar-refractivity contribution in [3.63, 3.8) is 0 Å². The van der Waals surface area contributed by atoms with Gasteiger partial charge < -0.3 is 4.43 Å². The summed E-state index contributed by atoms with van der Waals surface area (Å²) >= 11 is 0. The van der Waals surface area contributed by atoms with Gasteiger partial charge in [0.05, 0.1) is 11.1 Å². The topological polar surface area (TPSA) is 55.8 Å². The second-order valence-electron chi connectivity index (χ2n) is 9.72. The molecule has 0 radical (unpaired) electrons. The lowest BCUT2D eigenvalue weighted by atomic mass is 9.93. The Kier molecular flexibility index (Phi) is 7.25. The smallest absolute Gasteiger partial charge is 0.285 e. The Balaban J connectivity index is 2.18. The molecule has 1 aliphatic heterocycles. The third-order valence-corrected chi connectivity index (χ3v) is 10.4. The molecule has 0 aliphatic carbocycles. The number of amides is 2. The Bertz CT molecular complexity index is 731. The van der Waals surface area contributed by atoms with E-state index in [4.69, 9.17) is 9.26 Å². The first kappa shape index (κ1) is 23.5. The van der Waals surface area contributed by atoms with E-state index < -0.39 is 26.2 Å². The molecular weight excluding hydrogens is 382 g/mol. The molecule has 0 unspecified atom stereocenters. The standard InChI is InChI=1S/C23H35NO4Si/c1-9-20(17(14-16(2)3)15-27-29(7,8)23(4,5)6)28-24-21(25)18-12-10-11-13-19(18)22(24)26/h9-13,16-17,20H,1,14-15H2,2-8H3/t17-,20+/m0/s1. The summed E-state index contributed by atoms with van der Waals surface area (Å²) in [6.07, 6.45) is 2.02. The van der Waals surface area contributed by atoms with E-state index in [9.17, 15) is 9.59 Å². The average Bonchev–Trinajstić information content (AvgIpc) is 2.87. The highest BCUT2D eigenvalue weighted by Crippen LogP contribution is 2.37. The van der Waals surface area contributed by atoms with Crippen LogP contribution in [0.4, 0.5) is 0 Å². The molecule has 0 N–H and O–H groups in total. The fraction of sp³-hybridized carbons (Fsp3) is 0.565. The maximum Gasteiger partial charge on any atom is 0.285 e. The number of carbonyl (C=O) groups is 2. The van der Waals surface area contributed by atoms with Crippen LogP contribution in [-0.2, 0) is 9.26 Å². The van der Waals surface area contributed by atoms with Gasteiger partial charge in [0, 0.05) is 12.5 Å². The maximum absolute atomic E-state index is 12.7. The van der Waals surface area contributed by atoms with Gasteiger partial charge in [-0.3, -0.25) is 14.4 Å². The Morgan fingerprint density at radius 3 is 2.03 bits per heavy atom. The summed E-state index contributed by atoms with van der Waals surface area (Å²) in [5.74, 6) is -0.445. The minimum absolute atomic E-state index is 0.00839. The van der Waals surface area contributed by atoms with E-state index in [1.54, 1.807) is 30.3 Å². The van der Waals surface area contributed by atoms with E-state index in [0.29, 0.717) is 23.7 Å². The van der Waals surface area contributed by atoms with Gasteiger partial charge in [0.1, 0.15) is 6.10 Å². The fourth-order valence-electron chi connectivity index (χ4n) is 3.14. The van der Waals surface area contributed by atoms with Gasteiger partial charge >= 0.3 is 0 Å². The van der Waals surface area contributed by atoms with Gasteiger partial charge in [-0.25, -0.2) is 0 Å². The van der Waals surface area contributed by atoms with Crippen LogP contribution in [-0.4, -0.2) is 37.9 Å². The molecule has 1 aromatic carbocycles. The van der Waals surface area contributed by atoms with Crippen LogP contribution in [0.3, 0.4) is 0 Å². The van der Waals surface area contributed by atoms with Gasteiger partial charge in [0.25, 0.3) is 11.8 Å². The SMILES string of the molecule is C=C[C@@H](ON1C(=O)c2ccccc2C1=O)[C@H](CO[Si](C)(C)C(C)(C)C)CC(C)C. The van der Waals surface area contributed by atoms with Crippen molar-refractivity contribution in [3.8, 4) is 0 Å². The number of rotatable bonds is 9. The number of hydrogen-bond donors (Lipinski definition) is 0. The first-order valence-electron chi connectivity index (χ1n) is 10.3. The number of hydroxylamine groups is 2. The molecule has 0 bridgehead atoms. The molecule has 6 heteroatoms. The number of nitrogens with zero attached hydrogens (tertiary/aromatic N) is 1. The molecule has 160 valence electrons. The highest BCUT2D eigenvalue weighted by molar-refractivity contribution is 6.74. The van der Waals surface area contributed by atoms with Gasteiger partial charge in [-0.15, -0.1) is 11.6 Å². The summed E-state index contributed by atoms with van der Waals surface area (Å²) in [6, 6.07) is 6.78. The molecule has 0 saturated carbocycles. The van der Waals surface area contributed by atoms with Crippen LogP contribution in [0.2, 0.25) is 18.1 Å². The summed E-state index contributed by atoms with van der Waals surface area (Å²) in [5.41, 5.74) is 0.747. The summed E-state index contributed by atoms with van der Waals surface area (Å²) in [5, 5.41) is 0.985. The van der Waals surface area contributed by atoms with E-state index in [1.165, 1.54) is 0 Å². The zero-order valence-corrected chi connectivity index (χ0v) is 19.8. The molecule has 0 aromatic heterocycles. The zero-order chi connectivity index (χ0) is 22.0. The van der Waals surface area contributed by atoms with Gasteiger partial charge in [-0.2, -0.15) is 0 Å². The highest BCUT2D eigenvalue weighted by atomic mass is 28.4. The third-order valence-electron chi connectivity index (χ3n) is 5.92. The first-order valence-corrected chi connectivity index (χ1v) is 13.2. The van der Waals surface area contributed by atoms with Crippen LogP contribution in [0.5, 0.6) is 0 Å². The van der Waals surface area contributed by atoms with Crippen molar-refractivity contribution in [2.45, 2.75) is 65.3 Å². The Hall–Kier alpha value is -1.76. The normalized spacial score (nSPS) is 16.9. The monoisotopic (exact) mass is 417 g/mol.